The number of esters is 1. The SMILES string of the molecule is Cc1cc(=O)n2nc(COC(=O)c3ccccc3)sc2n1. The molecule has 6 nitrogen and oxygen atoms in total. The number of carbonyl (C=O) groups excluding carboxylic acids is 1. The average molecular weight is 301 g/mol. The van der Waals surface area contributed by atoms with E-state index in [9.17, 15) is 9.59 Å². The quantitative estimate of drug-likeness (QED) is 0.690. The molecule has 0 amide bonds. The largest absolute Gasteiger partial charge is 0.455 e. The third-order valence-electron chi connectivity index (χ3n) is 2.75. The van der Waals surface area contributed by atoms with E-state index in [1.54, 1.807) is 31.2 Å². The molecule has 3 rings (SSSR count). The van der Waals surface area contributed by atoms with Crippen LogP contribution in [-0.4, -0.2) is 20.6 Å². The summed E-state index contributed by atoms with van der Waals surface area (Å²) < 4.78 is 6.39. The lowest BCUT2D eigenvalue weighted by Crippen LogP contribution is -2.14. The molecule has 7 heteroatoms. The normalized spacial score (nSPS) is 10.7. The second-order valence-corrected chi connectivity index (χ2v) is 5.41. The number of ether oxygens (including phenoxy) is 1. The molecule has 2 aromatic heterocycles. The Kier molecular flexibility index (Phi) is 3.49. The fraction of sp³-hybridized carbons (Fsp3) is 0.143. The predicted octanol–water partition coefficient (Wildman–Crippen LogP) is 1.82. The van der Waals surface area contributed by atoms with Gasteiger partial charge in [0.25, 0.3) is 5.56 Å². The molecule has 0 atom stereocenters. The summed E-state index contributed by atoms with van der Waals surface area (Å²) in [6.45, 7) is 1.76. The van der Waals surface area contributed by atoms with Crippen molar-refractivity contribution >= 4 is 22.3 Å². The molecule has 2 heterocycles. The Morgan fingerprint density at radius 1 is 1.33 bits per heavy atom. The van der Waals surface area contributed by atoms with Crippen LogP contribution in [-0.2, 0) is 11.3 Å². The van der Waals surface area contributed by atoms with Crippen molar-refractivity contribution < 1.29 is 9.53 Å². The molecule has 106 valence electrons. The number of carbonyl (C=O) groups is 1. The summed E-state index contributed by atoms with van der Waals surface area (Å²) in [5, 5.41) is 4.62. The third kappa shape index (κ3) is 2.82. The smallest absolute Gasteiger partial charge is 0.338 e. The number of aryl methyl sites for hydroxylation is 1. The van der Waals surface area contributed by atoms with E-state index in [1.807, 2.05) is 6.07 Å². The Labute approximate surface area is 123 Å². The van der Waals surface area contributed by atoms with E-state index < -0.39 is 5.97 Å². The van der Waals surface area contributed by atoms with Gasteiger partial charge in [-0.15, -0.1) is 0 Å². The van der Waals surface area contributed by atoms with Crippen LogP contribution in [0.3, 0.4) is 0 Å². The summed E-state index contributed by atoms with van der Waals surface area (Å²) >= 11 is 1.23. The Hall–Kier alpha value is -2.54. The summed E-state index contributed by atoms with van der Waals surface area (Å²) in [5.74, 6) is -0.425. The Balaban J connectivity index is 1.78. The number of benzene rings is 1. The highest BCUT2D eigenvalue weighted by atomic mass is 32.1. The van der Waals surface area contributed by atoms with Crippen LogP contribution in [0.15, 0.2) is 41.2 Å². The average Bonchev–Trinajstić information content (AvgIpc) is 2.89. The van der Waals surface area contributed by atoms with E-state index in [4.69, 9.17) is 4.74 Å². The van der Waals surface area contributed by atoms with Gasteiger partial charge >= 0.3 is 5.97 Å². The van der Waals surface area contributed by atoms with E-state index in [0.717, 1.165) is 0 Å². The van der Waals surface area contributed by atoms with Gasteiger partial charge < -0.3 is 4.74 Å². The standard InChI is InChI=1S/C14H11N3O3S/c1-9-7-12(18)17-14(15-9)21-11(16-17)8-20-13(19)10-5-3-2-4-6-10/h2-7H,8H2,1H3. The van der Waals surface area contributed by atoms with Crippen molar-refractivity contribution in [3.63, 3.8) is 0 Å². The van der Waals surface area contributed by atoms with Gasteiger partial charge in [0.15, 0.2) is 5.01 Å². The maximum atomic E-state index is 11.8. The molecule has 21 heavy (non-hydrogen) atoms. The number of fused-ring (bicyclic) bond motifs is 1. The number of rotatable bonds is 3. The first-order chi connectivity index (χ1) is 10.1. The van der Waals surface area contributed by atoms with Crippen molar-refractivity contribution in [1.29, 1.82) is 0 Å². The third-order valence-corrected chi connectivity index (χ3v) is 3.63. The fourth-order valence-electron chi connectivity index (χ4n) is 1.80. The second-order valence-electron chi connectivity index (χ2n) is 4.37. The van der Waals surface area contributed by atoms with Crippen LogP contribution in [0.4, 0.5) is 0 Å². The maximum Gasteiger partial charge on any atom is 0.338 e. The van der Waals surface area contributed by atoms with Gasteiger partial charge in [-0.2, -0.15) is 9.61 Å². The van der Waals surface area contributed by atoms with Crippen LogP contribution in [0.5, 0.6) is 0 Å². The fourth-order valence-corrected chi connectivity index (χ4v) is 2.66. The Morgan fingerprint density at radius 2 is 2.10 bits per heavy atom. The molecule has 3 aromatic rings. The molecule has 1 aromatic carbocycles. The molecular weight excluding hydrogens is 290 g/mol. The van der Waals surface area contributed by atoms with Gasteiger partial charge in [0.2, 0.25) is 4.96 Å². The summed E-state index contributed by atoms with van der Waals surface area (Å²) in [6, 6.07) is 10.1. The highest BCUT2D eigenvalue weighted by Gasteiger charge is 2.11. The van der Waals surface area contributed by atoms with Crippen LogP contribution >= 0.6 is 11.3 Å². The van der Waals surface area contributed by atoms with Gasteiger partial charge in [0.05, 0.1) is 5.56 Å². The second kappa shape index (κ2) is 5.45. The molecule has 0 saturated heterocycles. The maximum absolute atomic E-state index is 11.8. The lowest BCUT2D eigenvalue weighted by Gasteiger charge is -2.01. The van der Waals surface area contributed by atoms with Crippen molar-refractivity contribution in [3.8, 4) is 0 Å². The lowest BCUT2D eigenvalue weighted by molar-refractivity contribution is 0.0471. The van der Waals surface area contributed by atoms with Crippen LogP contribution in [0.25, 0.3) is 4.96 Å². The van der Waals surface area contributed by atoms with Crippen molar-refractivity contribution in [2.75, 3.05) is 0 Å². The minimum atomic E-state index is -0.425. The van der Waals surface area contributed by atoms with E-state index in [1.165, 1.54) is 21.9 Å². The van der Waals surface area contributed by atoms with Crippen molar-refractivity contribution in [2.24, 2.45) is 0 Å². The van der Waals surface area contributed by atoms with Crippen molar-refractivity contribution in [1.82, 2.24) is 14.6 Å². The van der Waals surface area contributed by atoms with Crippen LogP contribution in [0.2, 0.25) is 0 Å². The van der Waals surface area contributed by atoms with Gasteiger partial charge in [0, 0.05) is 11.8 Å². The molecule has 0 saturated carbocycles. The Bertz CT molecular complexity index is 855. The topological polar surface area (TPSA) is 73.6 Å². The van der Waals surface area contributed by atoms with Crippen molar-refractivity contribution in [2.45, 2.75) is 13.5 Å². The minimum Gasteiger partial charge on any atom is -0.455 e. The monoisotopic (exact) mass is 301 g/mol. The summed E-state index contributed by atoms with van der Waals surface area (Å²) in [5.41, 5.74) is 0.871. The first-order valence-corrected chi connectivity index (χ1v) is 7.04. The molecule has 0 bridgehead atoms. The summed E-state index contributed by atoms with van der Waals surface area (Å²) in [6.07, 6.45) is 0. The summed E-state index contributed by atoms with van der Waals surface area (Å²) in [7, 11) is 0. The number of hydrogen-bond acceptors (Lipinski definition) is 6. The molecule has 0 aliphatic carbocycles. The Morgan fingerprint density at radius 3 is 2.86 bits per heavy atom. The predicted molar refractivity (Wildman–Crippen MR) is 77.4 cm³/mol. The zero-order valence-corrected chi connectivity index (χ0v) is 12.0. The van der Waals surface area contributed by atoms with Gasteiger partial charge in [-0.3, -0.25) is 4.79 Å². The molecule has 0 radical (unpaired) electrons. The zero-order valence-electron chi connectivity index (χ0n) is 11.1. The number of hydrogen-bond donors (Lipinski definition) is 0. The minimum absolute atomic E-state index is 0.0141. The molecule has 0 N–H and O–H groups in total. The lowest BCUT2D eigenvalue weighted by atomic mass is 10.2. The molecule has 0 unspecified atom stereocenters. The van der Waals surface area contributed by atoms with E-state index >= 15 is 0 Å². The number of aromatic nitrogens is 3. The molecule has 0 aliphatic heterocycles. The first-order valence-electron chi connectivity index (χ1n) is 6.22. The van der Waals surface area contributed by atoms with Gasteiger partial charge in [0.1, 0.15) is 6.61 Å². The summed E-state index contributed by atoms with van der Waals surface area (Å²) in [4.78, 5) is 28.3. The van der Waals surface area contributed by atoms with Gasteiger partial charge in [-0.25, -0.2) is 9.78 Å². The van der Waals surface area contributed by atoms with Gasteiger partial charge in [-0.1, -0.05) is 29.5 Å². The molecule has 0 aliphatic rings. The first kappa shape index (κ1) is 13.4. The van der Waals surface area contributed by atoms with E-state index in [0.29, 0.717) is 21.2 Å². The van der Waals surface area contributed by atoms with E-state index in [2.05, 4.69) is 10.1 Å². The number of nitrogens with zero attached hydrogens (tertiary/aromatic N) is 3. The van der Waals surface area contributed by atoms with Crippen LogP contribution in [0, 0.1) is 6.92 Å². The van der Waals surface area contributed by atoms with Crippen molar-refractivity contribution in [3.05, 3.63) is 63.0 Å². The van der Waals surface area contributed by atoms with Gasteiger partial charge in [-0.05, 0) is 19.1 Å². The zero-order chi connectivity index (χ0) is 14.8. The highest BCUT2D eigenvalue weighted by Crippen LogP contribution is 2.13. The highest BCUT2D eigenvalue weighted by molar-refractivity contribution is 7.16. The molecule has 0 spiro atoms. The van der Waals surface area contributed by atoms with E-state index in [-0.39, 0.29) is 12.2 Å². The van der Waals surface area contributed by atoms with Crippen LogP contribution < -0.4 is 5.56 Å². The molecule has 0 fully saturated rings. The van der Waals surface area contributed by atoms with Crippen LogP contribution in [0.1, 0.15) is 21.1 Å². The molecular formula is C14H11N3O3S.